The van der Waals surface area contributed by atoms with Crippen LogP contribution in [-0.4, -0.2) is 85.1 Å². The molecule has 17 heteroatoms. The van der Waals surface area contributed by atoms with Crippen molar-refractivity contribution in [1.29, 1.82) is 0 Å². The van der Waals surface area contributed by atoms with Crippen LogP contribution in [0.15, 0.2) is 84.6 Å². The van der Waals surface area contributed by atoms with Gasteiger partial charge < -0.3 is 41.7 Å². The van der Waals surface area contributed by atoms with Gasteiger partial charge in [0.2, 0.25) is 23.7 Å². The first-order chi connectivity index (χ1) is 32.7. The molecule has 3 aromatic heterocycles. The summed E-state index contributed by atoms with van der Waals surface area (Å²) < 4.78 is 13.6. The van der Waals surface area contributed by atoms with Gasteiger partial charge in [-0.25, -0.2) is 19.7 Å². The van der Waals surface area contributed by atoms with Crippen LogP contribution in [0.5, 0.6) is 0 Å². The lowest BCUT2D eigenvalue weighted by atomic mass is 9.85. The van der Waals surface area contributed by atoms with Crippen molar-refractivity contribution in [2.75, 3.05) is 23.7 Å². The van der Waals surface area contributed by atoms with Crippen LogP contribution in [0.1, 0.15) is 99.4 Å². The van der Waals surface area contributed by atoms with Gasteiger partial charge in [0, 0.05) is 67.8 Å². The number of aliphatic hydroxyl groups excluding tert-OH is 2. The summed E-state index contributed by atoms with van der Waals surface area (Å²) in [5, 5.41) is 34.6. The molecule has 0 unspecified atom stereocenters. The van der Waals surface area contributed by atoms with Crippen LogP contribution >= 0.6 is 11.3 Å². The minimum absolute atomic E-state index is 0.0198. The van der Waals surface area contributed by atoms with Crippen molar-refractivity contribution >= 4 is 46.5 Å². The first kappa shape index (κ1) is 50.8. The van der Waals surface area contributed by atoms with Crippen LogP contribution in [0.3, 0.4) is 0 Å². The quantitative estimate of drug-likeness (QED) is 0.0261. The topological polar surface area (TPSA) is 211 Å². The molecule has 6 rings (SSSR count). The highest BCUT2D eigenvalue weighted by Crippen LogP contribution is 2.29. The number of aromatic nitrogens is 3. The summed E-state index contributed by atoms with van der Waals surface area (Å²) in [6.45, 7) is 8.98. The number of rotatable bonds is 19. The van der Waals surface area contributed by atoms with Crippen molar-refractivity contribution in [3.8, 4) is 22.3 Å². The predicted octanol–water partition coefficient (Wildman–Crippen LogP) is 6.82. The molecule has 3 atom stereocenters. The molecule has 1 saturated heterocycles. The second-order valence-corrected chi connectivity index (χ2v) is 18.8. The van der Waals surface area contributed by atoms with E-state index in [0.717, 1.165) is 77.3 Å². The molecule has 1 aliphatic heterocycles. The molecule has 1 aliphatic rings. The minimum Gasteiger partial charge on any atom is -0.392 e. The third kappa shape index (κ3) is 15.0. The third-order valence-corrected chi connectivity index (χ3v) is 12.4. The van der Waals surface area contributed by atoms with Crippen LogP contribution in [0.2, 0.25) is 0 Å². The largest absolute Gasteiger partial charge is 0.392 e. The molecule has 15 nitrogen and oxygen atoms in total. The fourth-order valence-corrected chi connectivity index (χ4v) is 8.58. The normalized spacial score (nSPS) is 15.0. The average Bonchev–Trinajstić information content (AvgIpc) is 3.93. The van der Waals surface area contributed by atoms with Crippen LogP contribution in [0.4, 0.5) is 20.6 Å². The fraction of sp³-hybridized carbons (Fsp3) is 0.392. The zero-order valence-electron chi connectivity index (χ0n) is 38.9. The number of amides is 5. The number of halogens is 1. The number of carbonyl (C=O) groups is 4. The molecule has 4 heterocycles. The van der Waals surface area contributed by atoms with Gasteiger partial charge in [-0.05, 0) is 78.6 Å². The van der Waals surface area contributed by atoms with Crippen LogP contribution in [0, 0.1) is 30.1 Å². The van der Waals surface area contributed by atoms with Crippen molar-refractivity contribution in [1.82, 2.24) is 35.8 Å². The SMILES string of the molecule is Cc1ncsc1-c1ccc(CNC(=O)[C@@H]2C[C@@H](O)CN2C(=O)[C@@H](NC(=O)CCCCCCCNCc2cccc(C#Cc3cc(NC(=O)Nc4cc(F)ncc4CO)ccn3)c2)C(C)(C)C)cc1. The van der Waals surface area contributed by atoms with Gasteiger partial charge in [-0.2, -0.15) is 4.39 Å². The summed E-state index contributed by atoms with van der Waals surface area (Å²) in [6, 6.07) is 17.7. The van der Waals surface area contributed by atoms with Crippen LogP contribution < -0.4 is 26.6 Å². The third-order valence-electron chi connectivity index (χ3n) is 11.4. The Morgan fingerprint density at radius 1 is 0.912 bits per heavy atom. The van der Waals surface area contributed by atoms with Gasteiger partial charge in [0.25, 0.3) is 0 Å². The number of pyridine rings is 2. The van der Waals surface area contributed by atoms with Crippen molar-refractivity contribution in [3.05, 3.63) is 124 Å². The molecule has 1 fully saturated rings. The molecule has 7 N–H and O–H groups in total. The molecular weight excluding hydrogens is 886 g/mol. The molecule has 0 spiro atoms. The van der Waals surface area contributed by atoms with E-state index < -0.39 is 42.2 Å². The van der Waals surface area contributed by atoms with Crippen molar-refractivity contribution in [3.63, 3.8) is 0 Å². The predicted molar refractivity (Wildman–Crippen MR) is 260 cm³/mol. The van der Waals surface area contributed by atoms with Gasteiger partial charge >= 0.3 is 6.03 Å². The van der Waals surface area contributed by atoms with Crippen LogP contribution in [-0.2, 0) is 34.1 Å². The first-order valence-corrected chi connectivity index (χ1v) is 23.7. The number of likely N-dealkylation sites (tertiary alicyclic amines) is 1. The zero-order chi connectivity index (χ0) is 48.6. The highest BCUT2D eigenvalue weighted by molar-refractivity contribution is 7.13. The molecule has 5 amide bonds. The molecular formula is C51H60FN9O6S. The number of nitrogens with one attached hydrogen (secondary N) is 5. The number of unbranched alkanes of at least 4 members (excludes halogenated alkanes) is 4. The van der Waals surface area contributed by atoms with Crippen molar-refractivity contribution in [2.24, 2.45) is 5.41 Å². The van der Waals surface area contributed by atoms with E-state index in [4.69, 9.17) is 0 Å². The molecule has 5 aromatic rings. The van der Waals surface area contributed by atoms with E-state index in [1.807, 2.05) is 81.7 Å². The van der Waals surface area contributed by atoms with Crippen molar-refractivity contribution < 1.29 is 33.8 Å². The Morgan fingerprint density at radius 3 is 2.44 bits per heavy atom. The Hall–Kier alpha value is -6.58. The van der Waals surface area contributed by atoms with E-state index in [1.165, 1.54) is 11.1 Å². The van der Waals surface area contributed by atoms with E-state index in [0.29, 0.717) is 24.3 Å². The number of benzene rings is 2. The number of β-amino-alcohol motifs (C(OH)–C–C–N with tert-alkyl or cyclic N) is 1. The van der Waals surface area contributed by atoms with Gasteiger partial charge in [-0.15, -0.1) is 11.3 Å². The second kappa shape index (κ2) is 24.4. The number of hydrogen-bond acceptors (Lipinski definition) is 11. The van der Waals surface area contributed by atoms with E-state index in [-0.39, 0.29) is 54.9 Å². The lowest BCUT2D eigenvalue weighted by Crippen LogP contribution is -2.57. The number of aliphatic hydroxyl groups is 2. The van der Waals surface area contributed by atoms with Gasteiger partial charge in [0.05, 0.1) is 34.5 Å². The lowest BCUT2D eigenvalue weighted by Gasteiger charge is -2.35. The standard InChI is InChI=1S/C51H60FN9O6S/c1-33-46(68-32-57-33)37-17-14-35(15-18-37)28-56-48(65)43-25-41(63)30-61(43)49(66)47(51(2,3)4)60-45(64)13-8-6-5-7-9-21-53-27-36-12-10-11-34(23-36)16-19-39-24-40(20-22-54-39)58-50(67)59-42-26-44(52)55-29-38(42)31-62/h10-12,14-15,17-18,20,22-24,26,29,32,41,43,47,53,62-63H,5-9,13,21,25,27-28,30-31H2,1-4H3,(H,56,65)(H,60,64)(H2,54,55,58,59,67)/t41-,43+,47-/m1/s1. The van der Waals surface area contributed by atoms with Gasteiger partial charge in [-0.1, -0.05) is 82.4 Å². The first-order valence-electron chi connectivity index (χ1n) is 22.8. The Balaban J connectivity index is 0.872. The summed E-state index contributed by atoms with van der Waals surface area (Å²) in [5.41, 5.74) is 7.24. The number of aryl methyl sites for hydroxylation is 1. The van der Waals surface area contributed by atoms with Gasteiger partial charge in [-0.3, -0.25) is 14.4 Å². The number of urea groups is 1. The van der Waals surface area contributed by atoms with E-state index in [2.05, 4.69) is 53.4 Å². The Bertz CT molecular complexity index is 2590. The van der Waals surface area contributed by atoms with E-state index in [9.17, 15) is 33.8 Å². The molecule has 358 valence electrons. The van der Waals surface area contributed by atoms with Crippen molar-refractivity contribution in [2.45, 2.75) is 111 Å². The molecule has 0 bridgehead atoms. The lowest BCUT2D eigenvalue weighted by molar-refractivity contribution is -0.144. The smallest absolute Gasteiger partial charge is 0.323 e. The Labute approximate surface area is 400 Å². The van der Waals surface area contributed by atoms with E-state index in [1.54, 1.807) is 23.5 Å². The van der Waals surface area contributed by atoms with E-state index >= 15 is 0 Å². The average molecular weight is 946 g/mol. The fourth-order valence-electron chi connectivity index (χ4n) is 7.77. The molecule has 2 aromatic carbocycles. The Morgan fingerprint density at radius 2 is 1.69 bits per heavy atom. The second-order valence-electron chi connectivity index (χ2n) is 17.9. The number of anilines is 2. The van der Waals surface area contributed by atoms with Gasteiger partial charge in [0.1, 0.15) is 17.8 Å². The molecule has 0 saturated carbocycles. The maximum absolute atomic E-state index is 14.0. The number of thiazole rings is 1. The Kier molecular flexibility index (Phi) is 18.3. The summed E-state index contributed by atoms with van der Waals surface area (Å²) in [6.07, 6.45) is 6.72. The highest BCUT2D eigenvalue weighted by atomic mass is 32.1. The van der Waals surface area contributed by atoms with Gasteiger partial charge in [0.15, 0.2) is 0 Å². The molecule has 68 heavy (non-hydrogen) atoms. The summed E-state index contributed by atoms with van der Waals surface area (Å²) >= 11 is 1.58. The minimum atomic E-state index is -0.868. The monoisotopic (exact) mass is 945 g/mol. The maximum Gasteiger partial charge on any atom is 0.323 e. The van der Waals surface area contributed by atoms with Crippen LogP contribution in [0.25, 0.3) is 10.4 Å². The summed E-state index contributed by atoms with van der Waals surface area (Å²) in [4.78, 5) is 67.8. The maximum atomic E-state index is 14.0. The molecule has 0 aliphatic carbocycles. The number of nitrogens with zero attached hydrogens (tertiary/aromatic N) is 4. The molecule has 0 radical (unpaired) electrons. The number of carbonyl (C=O) groups excluding carboxylic acids is 4. The summed E-state index contributed by atoms with van der Waals surface area (Å²) in [7, 11) is 0. The highest BCUT2D eigenvalue weighted by Gasteiger charge is 2.44. The summed E-state index contributed by atoms with van der Waals surface area (Å²) in [5.74, 6) is 4.43. The zero-order valence-corrected chi connectivity index (χ0v) is 39.7. The number of hydrogen-bond donors (Lipinski definition) is 7.